The number of aromatic nitrogens is 1. The third kappa shape index (κ3) is 4.59. The van der Waals surface area contributed by atoms with E-state index in [0.29, 0.717) is 30.0 Å². The standard InChI is InChI=1S/C24H22N4O4/c1-16-4-2-7-20(21(16)27-22(29)18-8-10-25-11-9-18)23(30)26-15-17-5-3-6-19(14-17)28-12-13-32-24(28)31/h2-11,14H,12-13,15H2,1H3,(H,26,30)(H,27,29). The second-order valence-electron chi connectivity index (χ2n) is 7.31. The minimum atomic E-state index is -0.375. The van der Waals surface area contributed by atoms with Crippen molar-refractivity contribution in [1.29, 1.82) is 0 Å². The van der Waals surface area contributed by atoms with Gasteiger partial charge in [0.25, 0.3) is 11.8 Å². The van der Waals surface area contributed by atoms with Crippen LogP contribution in [0.3, 0.4) is 0 Å². The Balaban J connectivity index is 1.48. The zero-order valence-electron chi connectivity index (χ0n) is 17.5. The topological polar surface area (TPSA) is 101 Å². The van der Waals surface area contributed by atoms with E-state index in [-0.39, 0.29) is 24.5 Å². The molecule has 0 unspecified atom stereocenters. The summed E-state index contributed by atoms with van der Waals surface area (Å²) >= 11 is 0. The van der Waals surface area contributed by atoms with E-state index in [9.17, 15) is 14.4 Å². The van der Waals surface area contributed by atoms with Crippen molar-refractivity contribution in [2.75, 3.05) is 23.4 Å². The molecule has 8 nitrogen and oxygen atoms in total. The Hall–Kier alpha value is -4.20. The van der Waals surface area contributed by atoms with Gasteiger partial charge in [-0.2, -0.15) is 0 Å². The summed E-state index contributed by atoms with van der Waals surface area (Å²) in [5, 5.41) is 5.73. The Bertz CT molecular complexity index is 1160. The molecule has 0 saturated carbocycles. The van der Waals surface area contributed by atoms with Crippen LogP contribution in [0.4, 0.5) is 16.2 Å². The Morgan fingerprint density at radius 3 is 2.59 bits per heavy atom. The first-order valence-corrected chi connectivity index (χ1v) is 10.2. The van der Waals surface area contributed by atoms with Crippen LogP contribution in [0, 0.1) is 6.92 Å². The van der Waals surface area contributed by atoms with Gasteiger partial charge >= 0.3 is 6.09 Å². The maximum Gasteiger partial charge on any atom is 0.414 e. The van der Waals surface area contributed by atoms with Crippen LogP contribution in [0.2, 0.25) is 0 Å². The monoisotopic (exact) mass is 430 g/mol. The molecule has 2 heterocycles. The van der Waals surface area contributed by atoms with E-state index in [1.165, 1.54) is 12.4 Å². The highest BCUT2D eigenvalue weighted by atomic mass is 16.6. The third-order valence-corrected chi connectivity index (χ3v) is 5.13. The van der Waals surface area contributed by atoms with E-state index < -0.39 is 0 Å². The maximum atomic E-state index is 12.9. The molecule has 1 aliphatic heterocycles. The summed E-state index contributed by atoms with van der Waals surface area (Å²) in [6.45, 7) is 2.96. The van der Waals surface area contributed by atoms with Crippen LogP contribution in [0.25, 0.3) is 0 Å². The molecule has 0 aliphatic carbocycles. The summed E-state index contributed by atoms with van der Waals surface area (Å²) in [6.07, 6.45) is 2.70. The van der Waals surface area contributed by atoms with Gasteiger partial charge < -0.3 is 15.4 Å². The number of anilines is 2. The van der Waals surface area contributed by atoms with E-state index >= 15 is 0 Å². The molecule has 0 spiro atoms. The quantitative estimate of drug-likeness (QED) is 0.623. The van der Waals surface area contributed by atoms with Crippen molar-refractivity contribution in [3.8, 4) is 0 Å². The van der Waals surface area contributed by atoms with Crippen molar-refractivity contribution in [2.45, 2.75) is 13.5 Å². The number of ether oxygens (including phenoxy) is 1. The SMILES string of the molecule is Cc1cccc(C(=O)NCc2cccc(N3CCOC3=O)c2)c1NC(=O)c1ccncc1. The van der Waals surface area contributed by atoms with Crippen LogP contribution in [0.1, 0.15) is 31.8 Å². The summed E-state index contributed by atoms with van der Waals surface area (Å²) in [7, 11) is 0. The molecule has 0 radical (unpaired) electrons. The molecule has 1 saturated heterocycles. The third-order valence-electron chi connectivity index (χ3n) is 5.13. The first-order chi connectivity index (χ1) is 15.5. The Kier molecular flexibility index (Phi) is 6.12. The molecule has 1 aromatic heterocycles. The fraction of sp³-hybridized carbons (Fsp3) is 0.167. The van der Waals surface area contributed by atoms with Crippen LogP contribution >= 0.6 is 0 Å². The largest absolute Gasteiger partial charge is 0.447 e. The molecule has 1 fully saturated rings. The molecule has 4 rings (SSSR count). The zero-order chi connectivity index (χ0) is 22.5. The summed E-state index contributed by atoms with van der Waals surface area (Å²) in [6, 6.07) is 15.8. The number of nitrogens with one attached hydrogen (secondary N) is 2. The number of hydrogen-bond donors (Lipinski definition) is 2. The summed E-state index contributed by atoms with van der Waals surface area (Å²) in [5.74, 6) is -0.634. The van der Waals surface area contributed by atoms with Gasteiger partial charge in [0, 0.05) is 30.2 Å². The van der Waals surface area contributed by atoms with Crippen molar-refractivity contribution in [3.05, 3.63) is 89.2 Å². The molecule has 1 aliphatic rings. The molecule has 2 N–H and O–H groups in total. The van der Waals surface area contributed by atoms with Gasteiger partial charge in [0.15, 0.2) is 0 Å². The van der Waals surface area contributed by atoms with Crippen LogP contribution in [-0.4, -0.2) is 36.0 Å². The highest BCUT2D eigenvalue weighted by Gasteiger charge is 2.23. The lowest BCUT2D eigenvalue weighted by Crippen LogP contribution is -2.26. The van der Waals surface area contributed by atoms with Crippen LogP contribution in [0.5, 0.6) is 0 Å². The minimum absolute atomic E-state index is 0.265. The summed E-state index contributed by atoms with van der Waals surface area (Å²) in [4.78, 5) is 42.8. The fourth-order valence-corrected chi connectivity index (χ4v) is 3.45. The number of para-hydroxylation sites is 1. The van der Waals surface area contributed by atoms with Gasteiger partial charge in [-0.05, 0) is 48.4 Å². The number of pyridine rings is 1. The van der Waals surface area contributed by atoms with Gasteiger partial charge in [0.2, 0.25) is 0 Å². The van der Waals surface area contributed by atoms with E-state index in [4.69, 9.17) is 4.74 Å². The lowest BCUT2D eigenvalue weighted by Gasteiger charge is -2.15. The number of aryl methyl sites for hydroxylation is 1. The second-order valence-corrected chi connectivity index (χ2v) is 7.31. The normalized spacial score (nSPS) is 12.9. The van der Waals surface area contributed by atoms with Crippen molar-refractivity contribution >= 4 is 29.3 Å². The van der Waals surface area contributed by atoms with Gasteiger partial charge in [0.1, 0.15) is 6.61 Å². The molecule has 3 amide bonds. The van der Waals surface area contributed by atoms with E-state index in [0.717, 1.165) is 16.8 Å². The van der Waals surface area contributed by atoms with Gasteiger partial charge in [0.05, 0.1) is 17.8 Å². The minimum Gasteiger partial charge on any atom is -0.447 e. The highest BCUT2D eigenvalue weighted by Crippen LogP contribution is 2.23. The average molecular weight is 430 g/mol. The average Bonchev–Trinajstić information content (AvgIpc) is 3.25. The number of rotatable bonds is 6. The first kappa shape index (κ1) is 21.0. The van der Waals surface area contributed by atoms with Crippen molar-refractivity contribution in [1.82, 2.24) is 10.3 Å². The van der Waals surface area contributed by atoms with Crippen molar-refractivity contribution in [2.24, 2.45) is 0 Å². The van der Waals surface area contributed by atoms with Crippen LogP contribution in [-0.2, 0) is 11.3 Å². The smallest absolute Gasteiger partial charge is 0.414 e. The van der Waals surface area contributed by atoms with E-state index in [1.807, 2.05) is 37.3 Å². The molecule has 32 heavy (non-hydrogen) atoms. The highest BCUT2D eigenvalue weighted by molar-refractivity contribution is 6.09. The number of benzene rings is 2. The maximum absolute atomic E-state index is 12.9. The summed E-state index contributed by atoms with van der Waals surface area (Å²) in [5.41, 5.74) is 3.61. The van der Waals surface area contributed by atoms with E-state index in [2.05, 4.69) is 15.6 Å². The molecule has 162 valence electrons. The van der Waals surface area contributed by atoms with Gasteiger partial charge in [-0.3, -0.25) is 19.5 Å². The molecular weight excluding hydrogens is 408 g/mol. The number of hydrogen-bond acceptors (Lipinski definition) is 5. The number of carbonyl (C=O) groups excluding carboxylic acids is 3. The predicted molar refractivity (Wildman–Crippen MR) is 120 cm³/mol. The van der Waals surface area contributed by atoms with Crippen LogP contribution < -0.4 is 15.5 Å². The lowest BCUT2D eigenvalue weighted by molar-refractivity contribution is 0.0951. The summed E-state index contributed by atoms with van der Waals surface area (Å²) < 4.78 is 4.98. The number of nitrogens with zero attached hydrogens (tertiary/aromatic N) is 2. The number of cyclic esters (lactones) is 1. The van der Waals surface area contributed by atoms with Crippen molar-refractivity contribution < 1.29 is 19.1 Å². The molecular formula is C24H22N4O4. The lowest BCUT2D eigenvalue weighted by atomic mass is 10.1. The van der Waals surface area contributed by atoms with Crippen molar-refractivity contribution in [3.63, 3.8) is 0 Å². The van der Waals surface area contributed by atoms with Gasteiger partial charge in [-0.25, -0.2) is 4.79 Å². The Morgan fingerprint density at radius 1 is 1.06 bits per heavy atom. The van der Waals surface area contributed by atoms with Crippen LogP contribution in [0.15, 0.2) is 67.0 Å². The molecule has 8 heteroatoms. The molecule has 0 atom stereocenters. The van der Waals surface area contributed by atoms with Gasteiger partial charge in [-0.15, -0.1) is 0 Å². The Labute approximate surface area is 185 Å². The number of carbonyl (C=O) groups is 3. The second kappa shape index (κ2) is 9.30. The van der Waals surface area contributed by atoms with E-state index in [1.54, 1.807) is 29.2 Å². The molecule has 2 aromatic carbocycles. The zero-order valence-corrected chi connectivity index (χ0v) is 17.5. The van der Waals surface area contributed by atoms with Gasteiger partial charge in [-0.1, -0.05) is 24.3 Å². The predicted octanol–water partition coefficient (Wildman–Crippen LogP) is 3.53. The molecule has 3 aromatic rings. The molecule has 0 bridgehead atoms. The Morgan fingerprint density at radius 2 is 1.84 bits per heavy atom. The first-order valence-electron chi connectivity index (χ1n) is 10.2. The fourth-order valence-electron chi connectivity index (χ4n) is 3.45. The number of amides is 3.